The first-order valence-corrected chi connectivity index (χ1v) is 14.2. The summed E-state index contributed by atoms with van der Waals surface area (Å²) in [5.74, 6) is -0.670. The third kappa shape index (κ3) is 7.61. The lowest BCUT2D eigenvalue weighted by molar-refractivity contribution is -0.160. The summed E-state index contributed by atoms with van der Waals surface area (Å²) in [5, 5.41) is 10.3. The first-order chi connectivity index (χ1) is 19.2. The Bertz CT molecular complexity index is 1370. The fourth-order valence-electron chi connectivity index (χ4n) is 5.22. The molecule has 0 saturated carbocycles. The van der Waals surface area contributed by atoms with E-state index in [2.05, 4.69) is 23.7 Å². The molecule has 1 unspecified atom stereocenters. The Labute approximate surface area is 242 Å². The Balaban J connectivity index is 1.66. The van der Waals surface area contributed by atoms with Crippen molar-refractivity contribution in [1.82, 2.24) is 9.97 Å². The van der Waals surface area contributed by atoms with Crippen LogP contribution in [0.2, 0.25) is 0 Å². The van der Waals surface area contributed by atoms with Crippen molar-refractivity contribution in [2.75, 3.05) is 24.6 Å². The van der Waals surface area contributed by atoms with Crippen molar-refractivity contribution in [3.05, 3.63) is 70.9 Å². The molecule has 1 atom stereocenters. The van der Waals surface area contributed by atoms with Crippen LogP contribution in [0, 0.1) is 25.1 Å². The predicted octanol–water partition coefficient (Wildman–Crippen LogP) is 7.09. The number of carbonyl (C=O) groups is 1. The standard InChI is InChI=1S/C33H42FN3O4/c1-21-18-24(34)9-8-23(21)12-17-40-25-10-11-27(36-19-25)26-20-35-22(2)28(30(31(38)39)41-32(3,4)5)29(26)37-15-13-33(6,7)14-16-37/h8-11,18-20,30H,12-17H2,1-7H3,(H,38,39). The summed E-state index contributed by atoms with van der Waals surface area (Å²) in [6.07, 6.45) is 4.90. The van der Waals surface area contributed by atoms with E-state index in [1.807, 2.05) is 46.8 Å². The van der Waals surface area contributed by atoms with Gasteiger partial charge in [-0.2, -0.15) is 0 Å². The lowest BCUT2D eigenvalue weighted by atomic mass is 9.82. The van der Waals surface area contributed by atoms with Crippen molar-refractivity contribution in [2.45, 2.75) is 79.4 Å². The summed E-state index contributed by atoms with van der Waals surface area (Å²) in [6.45, 7) is 15.9. The Morgan fingerprint density at radius 2 is 1.80 bits per heavy atom. The minimum Gasteiger partial charge on any atom is -0.492 e. The molecule has 0 bridgehead atoms. The molecule has 0 aliphatic carbocycles. The van der Waals surface area contributed by atoms with Crippen LogP contribution in [-0.4, -0.2) is 46.3 Å². The fraction of sp³-hybridized carbons (Fsp3) is 0.485. The molecule has 4 rings (SSSR count). The summed E-state index contributed by atoms with van der Waals surface area (Å²) in [6, 6.07) is 8.52. The molecule has 2 aromatic heterocycles. The van der Waals surface area contributed by atoms with E-state index < -0.39 is 17.7 Å². The molecule has 0 amide bonds. The number of ether oxygens (including phenoxy) is 2. The van der Waals surface area contributed by atoms with E-state index >= 15 is 0 Å². The first kappa shape index (κ1) is 30.4. The van der Waals surface area contributed by atoms with E-state index in [-0.39, 0.29) is 11.2 Å². The summed E-state index contributed by atoms with van der Waals surface area (Å²) >= 11 is 0. The van der Waals surface area contributed by atoms with Gasteiger partial charge in [0.25, 0.3) is 0 Å². The van der Waals surface area contributed by atoms with E-state index in [0.29, 0.717) is 35.7 Å². The second-order valence-corrected chi connectivity index (χ2v) is 12.7. The van der Waals surface area contributed by atoms with Crippen LogP contribution in [0.3, 0.4) is 0 Å². The minimum absolute atomic E-state index is 0.219. The highest BCUT2D eigenvalue weighted by Gasteiger charge is 2.36. The number of hydrogen-bond acceptors (Lipinski definition) is 6. The number of benzene rings is 1. The van der Waals surface area contributed by atoms with Crippen LogP contribution in [0.1, 0.15) is 75.9 Å². The molecule has 3 heterocycles. The monoisotopic (exact) mass is 563 g/mol. The molecule has 3 aromatic rings. The maximum Gasteiger partial charge on any atom is 0.337 e. The molecular weight excluding hydrogens is 521 g/mol. The molecule has 1 saturated heterocycles. The number of hydrogen-bond donors (Lipinski definition) is 1. The lowest BCUT2D eigenvalue weighted by Crippen LogP contribution is -2.39. The zero-order chi connectivity index (χ0) is 29.9. The highest BCUT2D eigenvalue weighted by atomic mass is 19.1. The van der Waals surface area contributed by atoms with E-state index in [1.165, 1.54) is 12.1 Å². The Morgan fingerprint density at radius 3 is 2.39 bits per heavy atom. The van der Waals surface area contributed by atoms with Gasteiger partial charge in [-0.25, -0.2) is 9.18 Å². The van der Waals surface area contributed by atoms with Gasteiger partial charge >= 0.3 is 5.97 Å². The van der Waals surface area contributed by atoms with Crippen molar-refractivity contribution in [2.24, 2.45) is 5.41 Å². The molecule has 7 nitrogen and oxygen atoms in total. The zero-order valence-electron chi connectivity index (χ0n) is 25.3. The summed E-state index contributed by atoms with van der Waals surface area (Å²) < 4.78 is 25.5. The number of pyridine rings is 2. The number of carboxylic acid groups (broad SMARTS) is 1. The van der Waals surface area contributed by atoms with Gasteiger partial charge in [-0.05, 0) is 88.3 Å². The average molecular weight is 564 g/mol. The van der Waals surface area contributed by atoms with Gasteiger partial charge in [0.1, 0.15) is 11.6 Å². The zero-order valence-corrected chi connectivity index (χ0v) is 25.3. The van der Waals surface area contributed by atoms with Crippen molar-refractivity contribution in [1.29, 1.82) is 0 Å². The molecule has 0 spiro atoms. The maximum atomic E-state index is 13.4. The van der Waals surface area contributed by atoms with Crippen LogP contribution in [0.25, 0.3) is 11.3 Å². The van der Waals surface area contributed by atoms with Crippen molar-refractivity contribution in [3.8, 4) is 17.0 Å². The van der Waals surface area contributed by atoms with Gasteiger partial charge in [-0.3, -0.25) is 9.97 Å². The largest absolute Gasteiger partial charge is 0.492 e. The highest BCUT2D eigenvalue weighted by molar-refractivity contribution is 5.85. The SMILES string of the molecule is Cc1cc(F)ccc1CCOc1ccc(-c2cnc(C)c(C(OC(C)(C)C)C(=O)O)c2N2CCC(C)(C)CC2)nc1. The van der Waals surface area contributed by atoms with Gasteiger partial charge in [0.05, 0.1) is 29.8 Å². The Morgan fingerprint density at radius 1 is 1.10 bits per heavy atom. The third-order valence-corrected chi connectivity index (χ3v) is 7.64. The quantitative estimate of drug-likeness (QED) is 0.298. The predicted molar refractivity (Wildman–Crippen MR) is 159 cm³/mol. The molecule has 1 aliphatic heterocycles. The Kier molecular flexibility index (Phi) is 9.02. The fourth-order valence-corrected chi connectivity index (χ4v) is 5.22. The van der Waals surface area contributed by atoms with Crippen molar-refractivity contribution in [3.63, 3.8) is 0 Å². The number of piperidine rings is 1. The van der Waals surface area contributed by atoms with Crippen LogP contribution >= 0.6 is 0 Å². The van der Waals surface area contributed by atoms with Crippen LogP contribution in [0.15, 0.2) is 42.7 Å². The minimum atomic E-state index is -1.18. The molecular formula is C33H42FN3O4. The van der Waals surface area contributed by atoms with Gasteiger partial charge in [0, 0.05) is 42.5 Å². The number of carboxylic acids is 1. The smallest absolute Gasteiger partial charge is 0.337 e. The highest BCUT2D eigenvalue weighted by Crippen LogP contribution is 2.43. The van der Waals surface area contributed by atoms with E-state index in [9.17, 15) is 14.3 Å². The Hall–Kier alpha value is -3.52. The second kappa shape index (κ2) is 12.1. The third-order valence-electron chi connectivity index (χ3n) is 7.64. The summed E-state index contributed by atoms with van der Waals surface area (Å²) in [5.41, 5.74) is 4.94. The molecule has 1 aromatic carbocycles. The summed E-state index contributed by atoms with van der Waals surface area (Å²) in [7, 11) is 0. The first-order valence-electron chi connectivity index (χ1n) is 14.2. The normalized spacial score (nSPS) is 16.0. The number of aliphatic carboxylic acids is 1. The van der Waals surface area contributed by atoms with Gasteiger partial charge < -0.3 is 19.5 Å². The van der Waals surface area contributed by atoms with E-state index in [0.717, 1.165) is 48.3 Å². The van der Waals surface area contributed by atoms with Gasteiger partial charge in [-0.15, -0.1) is 0 Å². The topological polar surface area (TPSA) is 84.8 Å². The number of halogens is 1. The molecule has 220 valence electrons. The van der Waals surface area contributed by atoms with E-state index in [4.69, 9.17) is 14.5 Å². The molecule has 8 heteroatoms. The van der Waals surface area contributed by atoms with Crippen molar-refractivity contribution < 1.29 is 23.8 Å². The van der Waals surface area contributed by atoms with Crippen LogP contribution < -0.4 is 9.64 Å². The van der Waals surface area contributed by atoms with Crippen LogP contribution in [0.4, 0.5) is 10.1 Å². The molecule has 1 aliphatic rings. The van der Waals surface area contributed by atoms with Crippen molar-refractivity contribution >= 4 is 11.7 Å². The number of nitrogens with zero attached hydrogens (tertiary/aromatic N) is 3. The van der Waals surface area contributed by atoms with E-state index in [1.54, 1.807) is 18.5 Å². The molecule has 41 heavy (non-hydrogen) atoms. The molecule has 0 radical (unpaired) electrons. The summed E-state index contributed by atoms with van der Waals surface area (Å²) in [4.78, 5) is 24.2. The van der Waals surface area contributed by atoms with Gasteiger partial charge in [0.15, 0.2) is 6.10 Å². The van der Waals surface area contributed by atoms with Gasteiger partial charge in [0.2, 0.25) is 0 Å². The average Bonchev–Trinajstić information content (AvgIpc) is 2.88. The number of aryl methyl sites for hydroxylation is 2. The van der Waals surface area contributed by atoms with Crippen LogP contribution in [-0.2, 0) is 16.0 Å². The van der Waals surface area contributed by atoms with Gasteiger partial charge in [-0.1, -0.05) is 19.9 Å². The number of rotatable bonds is 9. The molecule has 1 fully saturated rings. The number of aromatic nitrogens is 2. The van der Waals surface area contributed by atoms with Crippen LogP contribution in [0.5, 0.6) is 5.75 Å². The lowest BCUT2D eigenvalue weighted by Gasteiger charge is -2.40. The number of anilines is 1. The maximum absolute atomic E-state index is 13.4. The second-order valence-electron chi connectivity index (χ2n) is 12.7. The molecule has 1 N–H and O–H groups in total.